The molecule has 3 nitrogen and oxygen atoms in total. The van der Waals surface area contributed by atoms with Gasteiger partial charge in [-0.05, 0) is 18.1 Å². The maximum Gasteiger partial charge on any atom is 0.387 e. The minimum absolute atomic E-state index is 0.0515. The molecule has 1 aliphatic heterocycles. The normalized spacial score (nSPS) is 15.8. The molecule has 0 amide bonds. The van der Waals surface area contributed by atoms with Crippen molar-refractivity contribution in [3.63, 3.8) is 0 Å². The Morgan fingerprint density at radius 3 is 2.82 bits per heavy atom. The van der Waals surface area contributed by atoms with E-state index in [-0.39, 0.29) is 11.4 Å². The molecule has 0 bridgehead atoms. The number of para-hydroxylation sites is 1. The van der Waals surface area contributed by atoms with E-state index in [1.165, 1.54) is 0 Å². The second-order valence-electron chi connectivity index (χ2n) is 3.66. The first-order valence-electron chi connectivity index (χ1n) is 5.29. The van der Waals surface area contributed by atoms with E-state index in [0.717, 1.165) is 5.57 Å². The first kappa shape index (κ1) is 11.9. The summed E-state index contributed by atoms with van der Waals surface area (Å²) in [6.07, 6.45) is 2.53. The van der Waals surface area contributed by atoms with Crippen molar-refractivity contribution in [2.24, 2.45) is 0 Å². The van der Waals surface area contributed by atoms with Crippen LogP contribution in [0.3, 0.4) is 0 Å². The third kappa shape index (κ3) is 2.74. The second kappa shape index (κ2) is 5.14. The molecule has 1 aromatic carbocycles. The number of anilines is 1. The van der Waals surface area contributed by atoms with Gasteiger partial charge >= 0.3 is 6.61 Å². The van der Waals surface area contributed by atoms with Crippen LogP contribution in [0.2, 0.25) is 0 Å². The fourth-order valence-electron chi connectivity index (χ4n) is 1.80. The Balaban J connectivity index is 2.38. The van der Waals surface area contributed by atoms with Gasteiger partial charge in [-0.15, -0.1) is 0 Å². The van der Waals surface area contributed by atoms with E-state index in [2.05, 4.69) is 4.74 Å². The maximum atomic E-state index is 12.3. The lowest BCUT2D eigenvalue weighted by Crippen LogP contribution is -2.09. The molecule has 0 spiro atoms. The van der Waals surface area contributed by atoms with Crippen LogP contribution in [0.25, 0.3) is 5.57 Å². The standard InChI is InChI=1S/C12H13F2NO2/c13-12(14)17-11-9(2-1-3-10(11)15)8-4-6-16-7-5-8/h1-4,12H,5-7,15H2. The van der Waals surface area contributed by atoms with Crippen LogP contribution in [0, 0.1) is 0 Å². The number of rotatable bonds is 3. The summed E-state index contributed by atoms with van der Waals surface area (Å²) in [5, 5.41) is 0. The monoisotopic (exact) mass is 241 g/mol. The minimum atomic E-state index is -2.88. The number of hydrogen-bond donors (Lipinski definition) is 1. The minimum Gasteiger partial charge on any atom is -0.432 e. The molecule has 2 rings (SSSR count). The Morgan fingerprint density at radius 2 is 2.18 bits per heavy atom. The van der Waals surface area contributed by atoms with Gasteiger partial charge in [0, 0.05) is 5.56 Å². The highest BCUT2D eigenvalue weighted by Crippen LogP contribution is 2.35. The van der Waals surface area contributed by atoms with Crippen LogP contribution in [0.5, 0.6) is 5.75 Å². The van der Waals surface area contributed by atoms with Crippen molar-refractivity contribution in [2.75, 3.05) is 18.9 Å². The lowest BCUT2D eigenvalue weighted by Gasteiger charge is -2.18. The molecule has 0 saturated carbocycles. The predicted octanol–water partition coefficient (Wildman–Crippen LogP) is 2.67. The fourth-order valence-corrected chi connectivity index (χ4v) is 1.80. The molecule has 1 aliphatic rings. The number of hydrogen-bond acceptors (Lipinski definition) is 3. The number of halogens is 2. The highest BCUT2D eigenvalue weighted by atomic mass is 19.3. The third-order valence-electron chi connectivity index (χ3n) is 2.56. The molecular weight excluding hydrogens is 228 g/mol. The molecule has 0 aromatic heterocycles. The zero-order chi connectivity index (χ0) is 12.3. The topological polar surface area (TPSA) is 44.5 Å². The van der Waals surface area contributed by atoms with Gasteiger partial charge in [0.2, 0.25) is 0 Å². The fraction of sp³-hybridized carbons (Fsp3) is 0.333. The summed E-state index contributed by atoms with van der Waals surface area (Å²) in [5.74, 6) is 0.0515. The highest BCUT2D eigenvalue weighted by molar-refractivity contribution is 5.76. The molecule has 0 saturated heterocycles. The molecule has 0 fully saturated rings. The summed E-state index contributed by atoms with van der Waals surface area (Å²) in [4.78, 5) is 0. The van der Waals surface area contributed by atoms with Gasteiger partial charge in [-0.25, -0.2) is 0 Å². The Morgan fingerprint density at radius 1 is 1.35 bits per heavy atom. The summed E-state index contributed by atoms with van der Waals surface area (Å²) < 4.78 is 34.3. The van der Waals surface area contributed by atoms with E-state index in [0.29, 0.717) is 25.2 Å². The van der Waals surface area contributed by atoms with E-state index >= 15 is 0 Å². The van der Waals surface area contributed by atoms with Gasteiger partial charge in [0.25, 0.3) is 0 Å². The third-order valence-corrected chi connectivity index (χ3v) is 2.56. The van der Waals surface area contributed by atoms with E-state index in [1.54, 1.807) is 18.2 Å². The molecule has 17 heavy (non-hydrogen) atoms. The van der Waals surface area contributed by atoms with Gasteiger partial charge in [0.15, 0.2) is 5.75 Å². The predicted molar refractivity (Wildman–Crippen MR) is 60.9 cm³/mol. The average molecular weight is 241 g/mol. The molecular formula is C12H13F2NO2. The van der Waals surface area contributed by atoms with Crippen LogP contribution in [0.4, 0.5) is 14.5 Å². The van der Waals surface area contributed by atoms with Gasteiger partial charge in [0.05, 0.1) is 18.9 Å². The molecule has 0 radical (unpaired) electrons. The van der Waals surface area contributed by atoms with Crippen LogP contribution in [-0.4, -0.2) is 19.8 Å². The quantitative estimate of drug-likeness (QED) is 0.827. The summed E-state index contributed by atoms with van der Waals surface area (Å²) in [6, 6.07) is 4.99. The van der Waals surface area contributed by atoms with Crippen molar-refractivity contribution in [1.29, 1.82) is 0 Å². The molecule has 92 valence electrons. The van der Waals surface area contributed by atoms with Crippen LogP contribution >= 0.6 is 0 Å². The second-order valence-corrected chi connectivity index (χ2v) is 3.66. The van der Waals surface area contributed by atoms with Crippen LogP contribution in [0.1, 0.15) is 12.0 Å². The average Bonchev–Trinajstić information content (AvgIpc) is 2.32. The van der Waals surface area contributed by atoms with Crippen molar-refractivity contribution >= 4 is 11.3 Å². The number of ether oxygens (including phenoxy) is 2. The lowest BCUT2D eigenvalue weighted by atomic mass is 10.00. The molecule has 0 aliphatic carbocycles. The molecule has 5 heteroatoms. The van der Waals surface area contributed by atoms with Gasteiger partial charge in [-0.1, -0.05) is 18.2 Å². The van der Waals surface area contributed by atoms with Gasteiger partial charge in [-0.3, -0.25) is 0 Å². The number of nitrogen functional groups attached to an aromatic ring is 1. The molecule has 1 aromatic rings. The largest absolute Gasteiger partial charge is 0.432 e. The van der Waals surface area contributed by atoms with E-state index in [4.69, 9.17) is 10.5 Å². The van der Waals surface area contributed by atoms with Crippen molar-refractivity contribution < 1.29 is 18.3 Å². The van der Waals surface area contributed by atoms with Crippen LogP contribution in [0.15, 0.2) is 24.3 Å². The summed E-state index contributed by atoms with van der Waals surface area (Å²) in [7, 11) is 0. The SMILES string of the molecule is Nc1cccc(C2=CCOCC2)c1OC(F)F. The van der Waals surface area contributed by atoms with Gasteiger partial charge in [-0.2, -0.15) is 8.78 Å². The molecule has 2 N–H and O–H groups in total. The lowest BCUT2D eigenvalue weighted by molar-refractivity contribution is -0.0495. The first-order valence-corrected chi connectivity index (χ1v) is 5.29. The summed E-state index contributed by atoms with van der Waals surface area (Å²) in [6.45, 7) is -1.81. The Labute approximate surface area is 97.8 Å². The molecule has 0 unspecified atom stereocenters. The summed E-state index contributed by atoms with van der Waals surface area (Å²) >= 11 is 0. The number of alkyl halides is 2. The van der Waals surface area contributed by atoms with Crippen molar-refractivity contribution in [2.45, 2.75) is 13.0 Å². The maximum absolute atomic E-state index is 12.3. The van der Waals surface area contributed by atoms with E-state index < -0.39 is 6.61 Å². The van der Waals surface area contributed by atoms with Crippen molar-refractivity contribution in [3.8, 4) is 5.75 Å². The first-order chi connectivity index (χ1) is 8.18. The Kier molecular flexibility index (Phi) is 3.58. The number of benzene rings is 1. The van der Waals surface area contributed by atoms with E-state index in [1.807, 2.05) is 6.08 Å². The highest BCUT2D eigenvalue weighted by Gasteiger charge is 2.16. The zero-order valence-corrected chi connectivity index (χ0v) is 9.16. The van der Waals surface area contributed by atoms with E-state index in [9.17, 15) is 8.78 Å². The van der Waals surface area contributed by atoms with Crippen molar-refractivity contribution in [1.82, 2.24) is 0 Å². The summed E-state index contributed by atoms with van der Waals surface area (Å²) in [5.41, 5.74) is 7.43. The van der Waals surface area contributed by atoms with Crippen molar-refractivity contribution in [3.05, 3.63) is 29.8 Å². The molecule has 1 heterocycles. The number of nitrogens with two attached hydrogens (primary N) is 1. The van der Waals surface area contributed by atoms with Crippen LogP contribution in [-0.2, 0) is 4.74 Å². The van der Waals surface area contributed by atoms with Crippen LogP contribution < -0.4 is 10.5 Å². The Bertz CT molecular complexity index is 433. The smallest absolute Gasteiger partial charge is 0.387 e. The van der Waals surface area contributed by atoms with Gasteiger partial charge in [0.1, 0.15) is 0 Å². The molecule has 0 atom stereocenters. The Hall–Kier alpha value is -1.62. The van der Waals surface area contributed by atoms with Gasteiger partial charge < -0.3 is 15.2 Å². The zero-order valence-electron chi connectivity index (χ0n) is 9.16.